The molecule has 3 rings (SSSR count). The highest BCUT2D eigenvalue weighted by Crippen LogP contribution is 2.27. The number of carbonyl (C=O) groups is 2. The molecule has 8 nitrogen and oxygen atoms in total. The maximum Gasteiger partial charge on any atom is 0.264 e. The first-order chi connectivity index (χ1) is 19.6. The Morgan fingerprint density at radius 2 is 1.56 bits per heavy atom. The Morgan fingerprint density at radius 3 is 2.12 bits per heavy atom. The van der Waals surface area contributed by atoms with Gasteiger partial charge in [-0.2, -0.15) is 0 Å². The summed E-state index contributed by atoms with van der Waals surface area (Å²) in [6.45, 7) is 7.40. The number of nitrogens with zero attached hydrogens (tertiary/aromatic N) is 2. The first-order valence-electron chi connectivity index (χ1n) is 13.7. The molecule has 1 N–H and O–H groups in total. The number of benzene rings is 3. The molecule has 1 atom stereocenters. The van der Waals surface area contributed by atoms with Crippen molar-refractivity contribution in [3.8, 4) is 5.75 Å². The number of halogens is 1. The van der Waals surface area contributed by atoms with E-state index >= 15 is 0 Å². The second kappa shape index (κ2) is 14.6. The summed E-state index contributed by atoms with van der Waals surface area (Å²) in [4.78, 5) is 28.4. The Hall–Kier alpha value is -3.92. The Kier molecular flexibility index (Phi) is 11.3. The number of ether oxygens (including phenoxy) is 1. The van der Waals surface area contributed by atoms with Gasteiger partial charge in [0, 0.05) is 12.6 Å². The normalized spacial score (nSPS) is 12.0. The monoisotopic (exact) mass is 583 g/mol. The average Bonchev–Trinajstić information content (AvgIpc) is 2.94. The number of anilines is 1. The largest absolute Gasteiger partial charge is 0.494 e. The third-order valence-electron chi connectivity index (χ3n) is 6.42. The van der Waals surface area contributed by atoms with Crippen molar-refractivity contribution < 1.29 is 27.1 Å². The highest BCUT2D eigenvalue weighted by Gasteiger charge is 2.33. The van der Waals surface area contributed by atoms with E-state index < -0.39 is 34.3 Å². The van der Waals surface area contributed by atoms with E-state index in [0.29, 0.717) is 25.2 Å². The van der Waals surface area contributed by atoms with Crippen LogP contribution in [0.25, 0.3) is 0 Å². The molecule has 0 aromatic heterocycles. The van der Waals surface area contributed by atoms with Crippen molar-refractivity contribution in [2.45, 2.75) is 57.5 Å². The average molecular weight is 584 g/mol. The third kappa shape index (κ3) is 8.53. The molecule has 0 aliphatic rings. The Morgan fingerprint density at radius 1 is 0.927 bits per heavy atom. The molecule has 0 bridgehead atoms. The van der Waals surface area contributed by atoms with E-state index in [1.54, 1.807) is 24.3 Å². The van der Waals surface area contributed by atoms with Gasteiger partial charge >= 0.3 is 0 Å². The first-order valence-corrected chi connectivity index (χ1v) is 15.2. The zero-order valence-corrected chi connectivity index (χ0v) is 24.7. The fourth-order valence-electron chi connectivity index (χ4n) is 4.41. The molecule has 220 valence electrons. The van der Waals surface area contributed by atoms with E-state index in [2.05, 4.69) is 5.32 Å². The number of carbonyl (C=O) groups excluding carboxylic acids is 2. The lowest BCUT2D eigenvalue weighted by molar-refractivity contribution is -0.139. The van der Waals surface area contributed by atoms with Crippen molar-refractivity contribution in [2.24, 2.45) is 0 Å². The SMILES string of the molecule is CCOc1ccc(N(CC(=O)N(CCc2ccccc2)[C@@H](CC)C(=O)NC(C)C)S(=O)(=O)c2ccc(F)cc2)cc1. The van der Waals surface area contributed by atoms with Crippen molar-refractivity contribution in [3.63, 3.8) is 0 Å². The summed E-state index contributed by atoms with van der Waals surface area (Å²) in [7, 11) is -4.29. The standard InChI is InChI=1S/C31H38FN3O5S/c1-5-29(31(37)33-23(3)4)34(21-20-24-10-8-7-9-11-24)30(36)22-35(26-14-16-27(17-15-26)40-6-2)41(38,39)28-18-12-25(32)13-19-28/h7-19,23,29H,5-6,20-22H2,1-4H3,(H,33,37)/t29-/m0/s1. The zero-order chi connectivity index (χ0) is 30.0. The van der Waals surface area contributed by atoms with Crippen LogP contribution in [0, 0.1) is 5.82 Å². The van der Waals surface area contributed by atoms with Crippen LogP contribution in [0.1, 0.15) is 39.7 Å². The molecule has 0 heterocycles. The number of sulfonamides is 1. The summed E-state index contributed by atoms with van der Waals surface area (Å²) in [6.07, 6.45) is 0.818. The van der Waals surface area contributed by atoms with Gasteiger partial charge in [-0.15, -0.1) is 0 Å². The topological polar surface area (TPSA) is 96.0 Å². The van der Waals surface area contributed by atoms with E-state index in [1.807, 2.05) is 58.0 Å². The van der Waals surface area contributed by atoms with E-state index in [9.17, 15) is 22.4 Å². The second-order valence-electron chi connectivity index (χ2n) is 9.80. The molecular formula is C31H38FN3O5S. The van der Waals surface area contributed by atoms with Crippen LogP contribution in [0.5, 0.6) is 5.75 Å². The quantitative estimate of drug-likeness (QED) is 0.294. The Bertz CT molecular complexity index is 1380. The minimum Gasteiger partial charge on any atom is -0.494 e. The molecule has 0 fully saturated rings. The summed E-state index contributed by atoms with van der Waals surface area (Å²) in [5.41, 5.74) is 1.21. The highest BCUT2D eigenvalue weighted by atomic mass is 32.2. The summed E-state index contributed by atoms with van der Waals surface area (Å²) in [6, 6.07) is 19.4. The summed E-state index contributed by atoms with van der Waals surface area (Å²) in [5, 5.41) is 2.88. The van der Waals surface area contributed by atoms with Crippen LogP contribution in [-0.2, 0) is 26.0 Å². The van der Waals surface area contributed by atoms with Crippen LogP contribution in [-0.4, -0.2) is 56.9 Å². The Labute approximate surface area is 242 Å². The van der Waals surface area contributed by atoms with E-state index in [4.69, 9.17) is 4.74 Å². The summed E-state index contributed by atoms with van der Waals surface area (Å²) in [5.74, 6) is -0.881. The second-order valence-corrected chi connectivity index (χ2v) is 11.7. The van der Waals surface area contributed by atoms with Gasteiger partial charge in [0.05, 0.1) is 17.2 Å². The first kappa shape index (κ1) is 31.6. The molecule has 3 aromatic rings. The molecule has 0 radical (unpaired) electrons. The van der Waals surface area contributed by atoms with Crippen molar-refractivity contribution in [2.75, 3.05) is 24.0 Å². The van der Waals surface area contributed by atoms with Crippen LogP contribution in [0.15, 0.2) is 83.8 Å². The summed E-state index contributed by atoms with van der Waals surface area (Å²) < 4.78 is 47.8. The third-order valence-corrected chi connectivity index (χ3v) is 8.21. The fourth-order valence-corrected chi connectivity index (χ4v) is 5.83. The molecule has 0 saturated carbocycles. The van der Waals surface area contributed by atoms with Crippen molar-refractivity contribution in [1.82, 2.24) is 10.2 Å². The maximum absolute atomic E-state index is 14.0. The van der Waals surface area contributed by atoms with Crippen molar-refractivity contribution in [1.29, 1.82) is 0 Å². The minimum atomic E-state index is -4.29. The van der Waals surface area contributed by atoms with Gasteiger partial charge in [-0.25, -0.2) is 12.8 Å². The fraction of sp³-hybridized carbons (Fsp3) is 0.355. The lowest BCUT2D eigenvalue weighted by Gasteiger charge is -2.33. The number of hydrogen-bond acceptors (Lipinski definition) is 5. The van der Waals surface area contributed by atoms with Crippen LogP contribution >= 0.6 is 0 Å². The summed E-state index contributed by atoms with van der Waals surface area (Å²) >= 11 is 0. The van der Waals surface area contributed by atoms with Crippen LogP contribution in [0.4, 0.5) is 10.1 Å². The van der Waals surface area contributed by atoms with E-state index in [1.165, 1.54) is 4.90 Å². The number of amides is 2. The smallest absolute Gasteiger partial charge is 0.264 e. The van der Waals surface area contributed by atoms with E-state index in [-0.39, 0.29) is 29.1 Å². The predicted octanol–water partition coefficient (Wildman–Crippen LogP) is 4.79. The van der Waals surface area contributed by atoms with Gasteiger partial charge in [-0.3, -0.25) is 13.9 Å². The molecule has 0 spiro atoms. The lowest BCUT2D eigenvalue weighted by atomic mass is 10.1. The highest BCUT2D eigenvalue weighted by molar-refractivity contribution is 7.92. The lowest BCUT2D eigenvalue weighted by Crippen LogP contribution is -2.54. The zero-order valence-electron chi connectivity index (χ0n) is 23.9. The maximum atomic E-state index is 14.0. The van der Waals surface area contributed by atoms with Crippen molar-refractivity contribution >= 4 is 27.5 Å². The van der Waals surface area contributed by atoms with Gasteiger partial charge in [0.15, 0.2) is 0 Å². The molecule has 2 amide bonds. The van der Waals surface area contributed by atoms with Gasteiger partial charge in [0.1, 0.15) is 24.2 Å². The van der Waals surface area contributed by atoms with Crippen LogP contribution in [0.3, 0.4) is 0 Å². The molecule has 41 heavy (non-hydrogen) atoms. The van der Waals surface area contributed by atoms with E-state index in [0.717, 1.165) is 34.1 Å². The molecule has 0 aliphatic heterocycles. The van der Waals surface area contributed by atoms with Crippen molar-refractivity contribution in [3.05, 3.63) is 90.2 Å². The Balaban J connectivity index is 2.01. The van der Waals surface area contributed by atoms with Gasteiger partial charge in [0.25, 0.3) is 10.0 Å². The number of rotatable bonds is 14. The van der Waals surface area contributed by atoms with Gasteiger partial charge in [-0.1, -0.05) is 37.3 Å². The molecule has 0 aliphatic carbocycles. The minimum absolute atomic E-state index is 0.137. The van der Waals surface area contributed by atoms with Gasteiger partial charge < -0.3 is 15.0 Å². The van der Waals surface area contributed by atoms with Crippen LogP contribution in [0.2, 0.25) is 0 Å². The predicted molar refractivity (Wildman–Crippen MR) is 158 cm³/mol. The number of hydrogen-bond donors (Lipinski definition) is 1. The molecule has 10 heteroatoms. The van der Waals surface area contributed by atoms with Gasteiger partial charge in [0.2, 0.25) is 11.8 Å². The number of nitrogens with one attached hydrogen (secondary N) is 1. The van der Waals surface area contributed by atoms with Crippen LogP contribution < -0.4 is 14.4 Å². The molecule has 3 aromatic carbocycles. The molecule has 0 unspecified atom stereocenters. The molecule has 0 saturated heterocycles. The van der Waals surface area contributed by atoms with Gasteiger partial charge in [-0.05, 0) is 87.7 Å². The molecular weight excluding hydrogens is 545 g/mol.